The maximum atomic E-state index is 11.9. The number of hydrogen-bond acceptors (Lipinski definition) is 2. The Labute approximate surface area is 131 Å². The first-order chi connectivity index (χ1) is 10.7. The summed E-state index contributed by atoms with van der Waals surface area (Å²) < 4.78 is 5.72. The second-order valence-corrected chi connectivity index (χ2v) is 5.02. The number of carbonyl (C=O) groups excluding carboxylic acids is 1. The minimum Gasteiger partial charge on any atom is -0.497 e. The lowest BCUT2D eigenvalue weighted by atomic mass is 10.0. The molecule has 0 saturated heterocycles. The Hall–Kier alpha value is -2.55. The molecule has 114 valence electrons. The van der Waals surface area contributed by atoms with Crippen molar-refractivity contribution in [2.24, 2.45) is 5.73 Å². The predicted molar refractivity (Wildman–Crippen MR) is 88.1 cm³/mol. The number of nitrogens with two attached hydrogens (primary N) is 1. The van der Waals surface area contributed by atoms with Crippen LogP contribution in [0.4, 0.5) is 0 Å². The Balaban J connectivity index is 2.32. The molecule has 3 nitrogen and oxygen atoms in total. The van der Waals surface area contributed by atoms with Crippen molar-refractivity contribution in [1.29, 1.82) is 0 Å². The first kappa shape index (κ1) is 15.8. The largest absolute Gasteiger partial charge is 0.497 e. The van der Waals surface area contributed by atoms with Crippen molar-refractivity contribution in [1.82, 2.24) is 0 Å². The minimum atomic E-state index is -0.428. The second-order valence-electron chi connectivity index (χ2n) is 5.02. The summed E-state index contributed by atoms with van der Waals surface area (Å²) in [5, 5.41) is 0. The molecule has 3 heteroatoms. The Morgan fingerprint density at radius 1 is 0.909 bits per heavy atom. The van der Waals surface area contributed by atoms with E-state index in [2.05, 4.69) is 0 Å². The van der Waals surface area contributed by atoms with Gasteiger partial charge in [-0.1, -0.05) is 60.7 Å². The number of hydrogen-bond donors (Lipinski definition) is 1. The van der Waals surface area contributed by atoms with Gasteiger partial charge in [0.05, 0.1) is 12.2 Å². The molecular weight excluding hydrogens is 274 g/mol. The van der Waals surface area contributed by atoms with Gasteiger partial charge in [0.15, 0.2) is 0 Å². The van der Waals surface area contributed by atoms with Crippen molar-refractivity contribution < 1.29 is 9.53 Å². The zero-order valence-corrected chi connectivity index (χ0v) is 12.8. The molecule has 22 heavy (non-hydrogen) atoms. The smallest absolute Gasteiger partial charge is 0.248 e. The lowest BCUT2D eigenvalue weighted by Gasteiger charge is -2.14. The lowest BCUT2D eigenvalue weighted by Crippen LogP contribution is -2.19. The maximum absolute atomic E-state index is 11.9. The zero-order chi connectivity index (χ0) is 15.8. The Morgan fingerprint density at radius 3 is 1.86 bits per heavy atom. The molecule has 0 aromatic heterocycles. The van der Waals surface area contributed by atoms with Gasteiger partial charge >= 0.3 is 0 Å². The van der Waals surface area contributed by atoms with Crippen molar-refractivity contribution in [2.75, 3.05) is 6.61 Å². The van der Waals surface area contributed by atoms with Crippen LogP contribution in [0.3, 0.4) is 0 Å². The molecule has 1 amide bonds. The van der Waals surface area contributed by atoms with E-state index in [1.807, 2.05) is 67.6 Å². The number of allylic oxidation sites excluding steroid dienone is 1. The summed E-state index contributed by atoms with van der Waals surface area (Å²) in [6, 6.07) is 19.7. The quantitative estimate of drug-likeness (QED) is 0.629. The fraction of sp³-hybridized carbons (Fsp3) is 0.211. The average Bonchev–Trinajstić information content (AvgIpc) is 2.54. The topological polar surface area (TPSA) is 52.3 Å². The highest BCUT2D eigenvalue weighted by Gasteiger charge is 2.15. The Morgan fingerprint density at radius 2 is 1.41 bits per heavy atom. The van der Waals surface area contributed by atoms with Gasteiger partial charge in [-0.25, -0.2) is 0 Å². The Kier molecular flexibility index (Phi) is 5.78. The van der Waals surface area contributed by atoms with Gasteiger partial charge in [0.1, 0.15) is 5.76 Å². The van der Waals surface area contributed by atoms with Crippen LogP contribution in [-0.4, -0.2) is 12.5 Å². The van der Waals surface area contributed by atoms with Crippen LogP contribution in [0.25, 0.3) is 0 Å². The molecule has 2 aromatic carbocycles. The monoisotopic (exact) mass is 295 g/mol. The number of carbonyl (C=O) groups is 1. The van der Waals surface area contributed by atoms with E-state index in [0.29, 0.717) is 30.8 Å². The molecule has 0 heterocycles. The molecule has 0 atom stereocenters. The van der Waals surface area contributed by atoms with E-state index in [1.165, 1.54) is 0 Å². The molecule has 0 aliphatic heterocycles. The van der Waals surface area contributed by atoms with E-state index in [1.54, 1.807) is 0 Å². The summed E-state index contributed by atoms with van der Waals surface area (Å²) in [5.41, 5.74) is 8.27. The van der Waals surface area contributed by atoms with Crippen LogP contribution in [0, 0.1) is 0 Å². The van der Waals surface area contributed by atoms with Crippen LogP contribution in [0.5, 0.6) is 0 Å². The van der Waals surface area contributed by atoms with Gasteiger partial charge in [-0.3, -0.25) is 4.79 Å². The zero-order valence-electron chi connectivity index (χ0n) is 12.8. The van der Waals surface area contributed by atoms with Crippen molar-refractivity contribution in [2.45, 2.75) is 19.8 Å². The minimum absolute atomic E-state index is 0.428. The average molecular weight is 295 g/mol. The predicted octanol–water partition coefficient (Wildman–Crippen LogP) is 3.25. The number of benzene rings is 2. The summed E-state index contributed by atoms with van der Waals surface area (Å²) >= 11 is 0. The molecule has 0 bridgehead atoms. The van der Waals surface area contributed by atoms with Crippen LogP contribution in [0.1, 0.15) is 18.1 Å². The van der Waals surface area contributed by atoms with E-state index in [4.69, 9.17) is 10.5 Å². The van der Waals surface area contributed by atoms with Crippen LogP contribution < -0.4 is 5.73 Å². The molecule has 0 spiro atoms. The molecule has 2 rings (SSSR count). The van der Waals surface area contributed by atoms with Gasteiger partial charge in [0.2, 0.25) is 5.91 Å². The standard InChI is InChI=1S/C19H21NO2/c1-2-22-18(14-16-11-7-4-8-12-16)17(19(20)21)13-15-9-5-3-6-10-15/h3-12H,2,13-14H2,1H3,(H2,20,21). The van der Waals surface area contributed by atoms with Crippen molar-refractivity contribution in [3.8, 4) is 0 Å². The van der Waals surface area contributed by atoms with Crippen LogP contribution >= 0.6 is 0 Å². The number of amides is 1. The van der Waals surface area contributed by atoms with Crippen LogP contribution in [0.15, 0.2) is 72.0 Å². The van der Waals surface area contributed by atoms with Crippen LogP contribution in [-0.2, 0) is 22.4 Å². The third kappa shape index (κ3) is 4.48. The fourth-order valence-corrected chi connectivity index (χ4v) is 2.32. The normalized spacial score (nSPS) is 11.7. The van der Waals surface area contributed by atoms with Gasteiger partial charge in [-0.15, -0.1) is 0 Å². The highest BCUT2D eigenvalue weighted by Crippen LogP contribution is 2.18. The number of ether oxygens (including phenoxy) is 1. The molecule has 0 radical (unpaired) electrons. The third-order valence-corrected chi connectivity index (χ3v) is 3.38. The summed E-state index contributed by atoms with van der Waals surface area (Å²) in [6.07, 6.45) is 1.05. The highest BCUT2D eigenvalue weighted by atomic mass is 16.5. The molecule has 0 aliphatic carbocycles. The van der Waals surface area contributed by atoms with E-state index in [-0.39, 0.29) is 0 Å². The second kappa shape index (κ2) is 8.03. The SMILES string of the molecule is CCOC(Cc1ccccc1)=C(Cc1ccccc1)C(N)=O. The molecule has 0 saturated carbocycles. The number of rotatable bonds is 7. The summed E-state index contributed by atoms with van der Waals surface area (Å²) in [4.78, 5) is 11.9. The molecule has 2 N–H and O–H groups in total. The maximum Gasteiger partial charge on any atom is 0.248 e. The molecule has 0 fully saturated rings. The third-order valence-electron chi connectivity index (χ3n) is 3.38. The van der Waals surface area contributed by atoms with Gasteiger partial charge in [0.25, 0.3) is 0 Å². The van der Waals surface area contributed by atoms with E-state index in [0.717, 1.165) is 11.1 Å². The molecule has 0 aliphatic rings. The molecular formula is C19H21NO2. The van der Waals surface area contributed by atoms with Crippen molar-refractivity contribution in [3.05, 3.63) is 83.1 Å². The Bertz CT molecular complexity index is 633. The first-order valence-electron chi connectivity index (χ1n) is 7.43. The highest BCUT2D eigenvalue weighted by molar-refractivity contribution is 5.93. The van der Waals surface area contributed by atoms with Gasteiger partial charge in [-0.2, -0.15) is 0 Å². The van der Waals surface area contributed by atoms with E-state index >= 15 is 0 Å². The first-order valence-corrected chi connectivity index (χ1v) is 7.43. The number of primary amides is 1. The van der Waals surface area contributed by atoms with Crippen molar-refractivity contribution in [3.63, 3.8) is 0 Å². The fourth-order valence-electron chi connectivity index (χ4n) is 2.32. The van der Waals surface area contributed by atoms with E-state index in [9.17, 15) is 4.79 Å². The summed E-state index contributed by atoms with van der Waals surface area (Å²) in [7, 11) is 0. The summed E-state index contributed by atoms with van der Waals surface area (Å²) in [6.45, 7) is 2.42. The van der Waals surface area contributed by atoms with Gasteiger partial charge in [-0.05, 0) is 18.1 Å². The molecule has 0 unspecified atom stereocenters. The molecule has 2 aromatic rings. The van der Waals surface area contributed by atoms with Crippen molar-refractivity contribution >= 4 is 5.91 Å². The summed E-state index contributed by atoms with van der Waals surface area (Å²) in [5.74, 6) is 0.230. The van der Waals surface area contributed by atoms with E-state index < -0.39 is 5.91 Å². The van der Waals surface area contributed by atoms with Crippen LogP contribution in [0.2, 0.25) is 0 Å². The van der Waals surface area contributed by atoms with Gasteiger partial charge in [0, 0.05) is 12.8 Å². The lowest BCUT2D eigenvalue weighted by molar-refractivity contribution is -0.114. The van der Waals surface area contributed by atoms with Gasteiger partial charge < -0.3 is 10.5 Å².